The smallest absolute Gasteiger partial charge is 0.341 e. The molecule has 1 heterocycles. The maximum absolute atomic E-state index is 13.9. The van der Waals surface area contributed by atoms with Crippen LogP contribution in [0.15, 0.2) is 29.2 Å². The number of carbonyl (C=O) groups excluding carboxylic acids is 1. The van der Waals surface area contributed by atoms with Crippen LogP contribution in [0.4, 0.5) is 9.39 Å². The number of benzene rings is 1. The monoisotopic (exact) mass is 383 g/mol. The predicted octanol–water partition coefficient (Wildman–Crippen LogP) is 3.74. The molecule has 25 heavy (non-hydrogen) atoms. The van der Waals surface area contributed by atoms with Crippen molar-refractivity contribution in [2.45, 2.75) is 37.5 Å². The van der Waals surface area contributed by atoms with Gasteiger partial charge in [-0.15, -0.1) is 11.3 Å². The maximum atomic E-state index is 13.9. The van der Waals surface area contributed by atoms with Crippen LogP contribution in [-0.2, 0) is 27.6 Å². The second-order valence-electron chi connectivity index (χ2n) is 5.67. The third kappa shape index (κ3) is 3.55. The molecule has 1 aliphatic rings. The summed E-state index contributed by atoms with van der Waals surface area (Å²) >= 11 is 1.23. The number of fused-ring (bicyclic) bond motifs is 1. The third-order valence-corrected chi connectivity index (χ3v) is 6.72. The Morgan fingerprint density at radius 3 is 2.72 bits per heavy atom. The summed E-state index contributed by atoms with van der Waals surface area (Å²) in [4.78, 5) is 12.9. The van der Waals surface area contributed by atoms with Crippen molar-refractivity contribution in [3.05, 3.63) is 46.1 Å². The van der Waals surface area contributed by atoms with Gasteiger partial charge in [-0.25, -0.2) is 17.6 Å². The largest absolute Gasteiger partial charge is 0.462 e. The van der Waals surface area contributed by atoms with Gasteiger partial charge >= 0.3 is 5.97 Å². The van der Waals surface area contributed by atoms with Crippen molar-refractivity contribution in [3.8, 4) is 0 Å². The van der Waals surface area contributed by atoms with E-state index in [0.717, 1.165) is 35.8 Å². The minimum Gasteiger partial charge on any atom is -0.462 e. The number of carbonyl (C=O) groups is 1. The first-order valence-corrected chi connectivity index (χ1v) is 10.3. The molecule has 0 aliphatic heterocycles. The van der Waals surface area contributed by atoms with Crippen LogP contribution >= 0.6 is 11.3 Å². The number of rotatable bonds is 5. The molecule has 0 fully saturated rings. The number of aryl methyl sites for hydroxylation is 1. The highest BCUT2D eigenvalue weighted by molar-refractivity contribution is 7.93. The quantitative estimate of drug-likeness (QED) is 0.799. The van der Waals surface area contributed by atoms with Crippen LogP contribution in [0.25, 0.3) is 0 Å². The predicted molar refractivity (Wildman–Crippen MR) is 94.1 cm³/mol. The molecular formula is C17H18FNO4S2. The average molecular weight is 383 g/mol. The number of halogens is 1. The molecule has 8 heteroatoms. The van der Waals surface area contributed by atoms with Crippen LogP contribution in [0, 0.1) is 5.82 Å². The van der Waals surface area contributed by atoms with Crippen LogP contribution in [-0.4, -0.2) is 21.0 Å². The van der Waals surface area contributed by atoms with Gasteiger partial charge in [-0.3, -0.25) is 4.72 Å². The summed E-state index contributed by atoms with van der Waals surface area (Å²) in [6, 6.07) is 5.14. The third-order valence-electron chi connectivity index (χ3n) is 4.00. The van der Waals surface area contributed by atoms with Crippen molar-refractivity contribution in [1.82, 2.24) is 0 Å². The standard InChI is InChI=1S/C17H18FNO4S2/c1-2-23-17(20)15-11-7-3-5-9-13(11)24-16(15)19-25(21,22)14-10-6-4-8-12(14)18/h4,6,8,10,19H,2-3,5,7,9H2,1H3. The lowest BCUT2D eigenvalue weighted by Gasteiger charge is -2.12. The van der Waals surface area contributed by atoms with E-state index in [9.17, 15) is 17.6 Å². The number of hydrogen-bond acceptors (Lipinski definition) is 5. The number of sulfonamides is 1. The molecule has 0 radical (unpaired) electrons. The lowest BCUT2D eigenvalue weighted by molar-refractivity contribution is 0.0526. The van der Waals surface area contributed by atoms with E-state index in [1.54, 1.807) is 6.92 Å². The molecule has 5 nitrogen and oxygen atoms in total. The summed E-state index contributed by atoms with van der Waals surface area (Å²) in [5.74, 6) is -1.39. The summed E-state index contributed by atoms with van der Waals surface area (Å²) in [7, 11) is -4.14. The number of thiophene rings is 1. The van der Waals surface area contributed by atoms with E-state index in [2.05, 4.69) is 4.72 Å². The Hall–Kier alpha value is -1.93. The number of hydrogen-bond donors (Lipinski definition) is 1. The number of nitrogens with one attached hydrogen (secondary N) is 1. The second kappa shape index (κ2) is 7.13. The van der Waals surface area contributed by atoms with Gasteiger partial charge in [0.15, 0.2) is 0 Å². The molecule has 134 valence electrons. The normalized spacial score (nSPS) is 14.0. The lowest BCUT2D eigenvalue weighted by Crippen LogP contribution is -2.17. The van der Waals surface area contributed by atoms with Gasteiger partial charge < -0.3 is 4.74 Å². The minimum absolute atomic E-state index is 0.197. The summed E-state index contributed by atoms with van der Waals surface area (Å²) < 4.78 is 46.5. The van der Waals surface area contributed by atoms with Crippen molar-refractivity contribution in [2.75, 3.05) is 11.3 Å². The van der Waals surface area contributed by atoms with E-state index < -0.39 is 26.7 Å². The van der Waals surface area contributed by atoms with Crippen molar-refractivity contribution in [3.63, 3.8) is 0 Å². The van der Waals surface area contributed by atoms with Crippen LogP contribution in [0.2, 0.25) is 0 Å². The Morgan fingerprint density at radius 1 is 1.28 bits per heavy atom. The Labute approximate surface area is 149 Å². The fraction of sp³-hybridized carbons (Fsp3) is 0.353. The first-order chi connectivity index (χ1) is 11.9. The van der Waals surface area contributed by atoms with Gasteiger partial charge in [-0.2, -0.15) is 0 Å². The van der Waals surface area contributed by atoms with Crippen LogP contribution in [0.5, 0.6) is 0 Å². The molecule has 3 rings (SSSR count). The zero-order chi connectivity index (χ0) is 18.0. The van der Waals surface area contributed by atoms with E-state index in [4.69, 9.17) is 4.74 Å². The highest BCUT2D eigenvalue weighted by Crippen LogP contribution is 2.39. The first kappa shape index (κ1) is 17.9. The molecule has 1 aliphatic carbocycles. The van der Waals surface area contributed by atoms with E-state index in [1.807, 2.05) is 0 Å². The summed E-state index contributed by atoms with van der Waals surface area (Å²) in [5.41, 5.74) is 1.11. The molecule has 0 saturated heterocycles. The average Bonchev–Trinajstić information content (AvgIpc) is 2.92. The number of ether oxygens (including phenoxy) is 1. The fourth-order valence-electron chi connectivity index (χ4n) is 2.90. The zero-order valence-corrected chi connectivity index (χ0v) is 15.3. The Morgan fingerprint density at radius 2 is 2.00 bits per heavy atom. The van der Waals surface area contributed by atoms with Crippen molar-refractivity contribution in [2.24, 2.45) is 0 Å². The zero-order valence-electron chi connectivity index (χ0n) is 13.7. The SMILES string of the molecule is CCOC(=O)c1c(NS(=O)(=O)c2ccccc2F)sc2c1CCCC2. The van der Waals surface area contributed by atoms with Gasteiger partial charge in [0.1, 0.15) is 15.7 Å². The summed E-state index contributed by atoms with van der Waals surface area (Å²) in [5, 5.41) is 0.202. The first-order valence-electron chi connectivity index (χ1n) is 8.03. The van der Waals surface area contributed by atoms with Crippen molar-refractivity contribution in [1.29, 1.82) is 0 Å². The van der Waals surface area contributed by atoms with Crippen LogP contribution < -0.4 is 4.72 Å². The Balaban J connectivity index is 2.04. The van der Waals surface area contributed by atoms with Gasteiger partial charge in [-0.05, 0) is 50.3 Å². The summed E-state index contributed by atoms with van der Waals surface area (Å²) in [6.45, 7) is 1.89. The van der Waals surface area contributed by atoms with E-state index in [0.29, 0.717) is 6.42 Å². The van der Waals surface area contributed by atoms with Crippen LogP contribution in [0.1, 0.15) is 40.6 Å². The highest BCUT2D eigenvalue weighted by Gasteiger charge is 2.29. The Bertz CT molecular complexity index is 905. The molecule has 0 atom stereocenters. The highest BCUT2D eigenvalue weighted by atomic mass is 32.2. The fourth-order valence-corrected chi connectivity index (χ4v) is 5.56. The maximum Gasteiger partial charge on any atom is 0.341 e. The second-order valence-corrected chi connectivity index (χ2v) is 8.43. The van der Waals surface area contributed by atoms with Gasteiger partial charge in [0.05, 0.1) is 12.2 Å². The number of esters is 1. The molecule has 1 aromatic carbocycles. The topological polar surface area (TPSA) is 72.5 Å². The van der Waals surface area contributed by atoms with Crippen molar-refractivity contribution < 1.29 is 22.3 Å². The molecule has 1 N–H and O–H groups in total. The molecule has 0 unspecified atom stereocenters. The lowest BCUT2D eigenvalue weighted by atomic mass is 9.95. The van der Waals surface area contributed by atoms with Gasteiger partial charge in [-0.1, -0.05) is 12.1 Å². The van der Waals surface area contributed by atoms with Gasteiger partial charge in [0.2, 0.25) is 0 Å². The molecular weight excluding hydrogens is 365 g/mol. The van der Waals surface area contributed by atoms with Gasteiger partial charge in [0, 0.05) is 4.88 Å². The van der Waals surface area contributed by atoms with E-state index in [1.165, 1.54) is 29.5 Å². The van der Waals surface area contributed by atoms with Gasteiger partial charge in [0.25, 0.3) is 10.0 Å². The molecule has 0 spiro atoms. The van der Waals surface area contributed by atoms with E-state index in [-0.39, 0.29) is 17.2 Å². The van der Waals surface area contributed by atoms with E-state index >= 15 is 0 Å². The molecule has 0 saturated carbocycles. The number of anilines is 1. The molecule has 0 bridgehead atoms. The minimum atomic E-state index is -4.14. The molecule has 2 aromatic rings. The van der Waals surface area contributed by atoms with Crippen molar-refractivity contribution >= 4 is 32.3 Å². The van der Waals surface area contributed by atoms with Crippen LogP contribution in [0.3, 0.4) is 0 Å². The summed E-state index contributed by atoms with van der Waals surface area (Å²) in [6.07, 6.45) is 3.44. The molecule has 1 aromatic heterocycles. The Kier molecular flexibility index (Phi) is 5.10. The molecule has 0 amide bonds.